The van der Waals surface area contributed by atoms with Crippen molar-refractivity contribution >= 4 is 23.2 Å². The third kappa shape index (κ3) is 5.25. The molecule has 0 unspecified atom stereocenters. The van der Waals surface area contributed by atoms with Crippen LogP contribution in [0.5, 0.6) is 0 Å². The number of hydrogen-bond donors (Lipinski definition) is 2. The summed E-state index contributed by atoms with van der Waals surface area (Å²) in [5, 5.41) is 8.64. The number of carbonyl (C=O) groups is 1. The van der Waals surface area contributed by atoms with Crippen LogP contribution in [0.3, 0.4) is 0 Å². The van der Waals surface area contributed by atoms with E-state index < -0.39 is 5.97 Å². The molecule has 18 heavy (non-hydrogen) atoms. The second-order valence-electron chi connectivity index (χ2n) is 4.29. The maximum Gasteiger partial charge on any atom is 0.304 e. The van der Waals surface area contributed by atoms with Gasteiger partial charge in [0, 0.05) is 19.5 Å². The van der Waals surface area contributed by atoms with Gasteiger partial charge in [-0.2, -0.15) is 0 Å². The molecule has 1 rings (SSSR count). The number of nitrogens with two attached hydrogens (primary N) is 1. The smallest absolute Gasteiger partial charge is 0.304 e. The van der Waals surface area contributed by atoms with Crippen molar-refractivity contribution in [1.82, 2.24) is 4.90 Å². The molecule has 0 bridgehead atoms. The van der Waals surface area contributed by atoms with Gasteiger partial charge in [-0.1, -0.05) is 36.5 Å². The molecule has 0 heterocycles. The van der Waals surface area contributed by atoms with Gasteiger partial charge in [0.05, 0.1) is 11.4 Å². The predicted molar refractivity (Wildman–Crippen MR) is 75.5 cm³/mol. The standard InChI is InChI=1S/C13H18N2O2S/c1-15(7-6-13(16)17)9-11-5-3-2-4-10(11)8-12(14)18/h2-5H,6-9H2,1H3,(H2,14,18)(H,16,17). The van der Waals surface area contributed by atoms with Crippen LogP contribution in [-0.4, -0.2) is 34.6 Å². The Bertz CT molecular complexity index is 435. The van der Waals surface area contributed by atoms with Crippen LogP contribution in [0, 0.1) is 0 Å². The van der Waals surface area contributed by atoms with E-state index in [0.717, 1.165) is 11.1 Å². The Morgan fingerprint density at radius 3 is 2.56 bits per heavy atom. The zero-order valence-corrected chi connectivity index (χ0v) is 11.2. The SMILES string of the molecule is CN(CCC(=O)O)Cc1ccccc1CC(N)=S. The lowest BCUT2D eigenvalue weighted by Gasteiger charge is -2.17. The van der Waals surface area contributed by atoms with E-state index in [1.165, 1.54) is 0 Å². The summed E-state index contributed by atoms with van der Waals surface area (Å²) in [6, 6.07) is 7.93. The van der Waals surface area contributed by atoms with Crippen molar-refractivity contribution in [2.24, 2.45) is 5.73 Å². The molecule has 0 amide bonds. The van der Waals surface area contributed by atoms with Crippen LogP contribution in [0.15, 0.2) is 24.3 Å². The fourth-order valence-electron chi connectivity index (χ4n) is 1.73. The summed E-state index contributed by atoms with van der Waals surface area (Å²) < 4.78 is 0. The summed E-state index contributed by atoms with van der Waals surface area (Å²) in [6.45, 7) is 1.23. The molecular weight excluding hydrogens is 248 g/mol. The fourth-order valence-corrected chi connectivity index (χ4v) is 1.88. The molecule has 0 atom stereocenters. The number of carboxylic acid groups (broad SMARTS) is 1. The minimum Gasteiger partial charge on any atom is -0.481 e. The summed E-state index contributed by atoms with van der Waals surface area (Å²) in [5.41, 5.74) is 7.80. The summed E-state index contributed by atoms with van der Waals surface area (Å²) >= 11 is 4.92. The van der Waals surface area contributed by atoms with E-state index in [4.69, 9.17) is 23.1 Å². The lowest BCUT2D eigenvalue weighted by atomic mass is 10.0. The molecular formula is C13H18N2O2S. The van der Waals surface area contributed by atoms with E-state index in [2.05, 4.69) is 0 Å². The van der Waals surface area contributed by atoms with Crippen molar-refractivity contribution in [2.45, 2.75) is 19.4 Å². The molecule has 0 saturated carbocycles. The molecule has 0 radical (unpaired) electrons. The van der Waals surface area contributed by atoms with Gasteiger partial charge < -0.3 is 15.7 Å². The minimum absolute atomic E-state index is 0.147. The molecule has 0 aliphatic rings. The van der Waals surface area contributed by atoms with Crippen molar-refractivity contribution in [1.29, 1.82) is 0 Å². The first-order chi connectivity index (χ1) is 8.49. The summed E-state index contributed by atoms with van der Waals surface area (Å²) in [6.07, 6.45) is 0.728. The highest BCUT2D eigenvalue weighted by atomic mass is 32.1. The maximum atomic E-state index is 10.5. The molecule has 0 aliphatic heterocycles. The zero-order valence-electron chi connectivity index (χ0n) is 10.4. The second kappa shape index (κ2) is 7.08. The zero-order chi connectivity index (χ0) is 13.5. The highest BCUT2D eigenvalue weighted by Crippen LogP contribution is 2.12. The number of carboxylic acids is 1. The third-order valence-electron chi connectivity index (χ3n) is 2.63. The van der Waals surface area contributed by atoms with Crippen molar-refractivity contribution in [2.75, 3.05) is 13.6 Å². The Morgan fingerprint density at radius 2 is 2.00 bits per heavy atom. The van der Waals surface area contributed by atoms with Crippen LogP contribution >= 0.6 is 12.2 Å². The van der Waals surface area contributed by atoms with Crippen molar-refractivity contribution in [3.05, 3.63) is 35.4 Å². The first-order valence-electron chi connectivity index (χ1n) is 5.74. The van der Waals surface area contributed by atoms with Crippen LogP contribution in [0.1, 0.15) is 17.5 Å². The molecule has 98 valence electrons. The van der Waals surface area contributed by atoms with Gasteiger partial charge in [0.25, 0.3) is 0 Å². The number of nitrogens with zero attached hydrogens (tertiary/aromatic N) is 1. The van der Waals surface area contributed by atoms with Crippen molar-refractivity contribution in [3.8, 4) is 0 Å². The Labute approximate surface area is 112 Å². The molecule has 0 spiro atoms. The summed E-state index contributed by atoms with van der Waals surface area (Å²) in [7, 11) is 1.90. The first kappa shape index (κ1) is 14.6. The van der Waals surface area contributed by atoms with E-state index in [-0.39, 0.29) is 6.42 Å². The lowest BCUT2D eigenvalue weighted by Crippen LogP contribution is -2.22. The maximum absolute atomic E-state index is 10.5. The predicted octanol–water partition coefficient (Wildman–Crippen LogP) is 1.42. The number of hydrogen-bond acceptors (Lipinski definition) is 3. The Hall–Kier alpha value is -1.46. The van der Waals surface area contributed by atoms with Crippen LogP contribution in [-0.2, 0) is 17.8 Å². The van der Waals surface area contributed by atoms with Crippen molar-refractivity contribution < 1.29 is 9.90 Å². The summed E-state index contributed by atoms with van der Waals surface area (Å²) in [4.78, 5) is 13.0. The molecule has 3 N–H and O–H groups in total. The monoisotopic (exact) mass is 266 g/mol. The highest BCUT2D eigenvalue weighted by Gasteiger charge is 2.07. The Morgan fingerprint density at radius 1 is 1.39 bits per heavy atom. The highest BCUT2D eigenvalue weighted by molar-refractivity contribution is 7.80. The van der Waals surface area contributed by atoms with E-state index in [1.54, 1.807) is 0 Å². The normalized spacial score (nSPS) is 10.6. The van der Waals surface area contributed by atoms with Gasteiger partial charge in [-0.3, -0.25) is 4.79 Å². The van der Waals surface area contributed by atoms with Gasteiger partial charge in [0.2, 0.25) is 0 Å². The molecule has 1 aromatic carbocycles. The molecule has 0 aromatic heterocycles. The topological polar surface area (TPSA) is 66.6 Å². The number of rotatable bonds is 7. The van der Waals surface area contributed by atoms with Gasteiger partial charge in [-0.05, 0) is 18.2 Å². The average Bonchev–Trinajstić information content (AvgIpc) is 2.28. The molecule has 0 saturated heterocycles. The van der Waals surface area contributed by atoms with E-state index in [1.807, 2.05) is 36.2 Å². The molecule has 4 nitrogen and oxygen atoms in total. The van der Waals surface area contributed by atoms with Crippen LogP contribution in [0.4, 0.5) is 0 Å². The summed E-state index contributed by atoms with van der Waals surface area (Å²) in [5.74, 6) is -0.779. The second-order valence-corrected chi connectivity index (χ2v) is 4.82. The number of thiocarbonyl (C=S) groups is 1. The Kier molecular flexibility index (Phi) is 5.74. The molecule has 5 heteroatoms. The van der Waals surface area contributed by atoms with Gasteiger partial charge in [-0.15, -0.1) is 0 Å². The lowest BCUT2D eigenvalue weighted by molar-refractivity contribution is -0.137. The molecule has 0 fully saturated rings. The van der Waals surface area contributed by atoms with Gasteiger partial charge in [0.15, 0.2) is 0 Å². The van der Waals surface area contributed by atoms with Gasteiger partial charge >= 0.3 is 5.97 Å². The number of benzene rings is 1. The van der Waals surface area contributed by atoms with Crippen LogP contribution in [0.25, 0.3) is 0 Å². The van der Waals surface area contributed by atoms with E-state index >= 15 is 0 Å². The van der Waals surface area contributed by atoms with E-state index in [0.29, 0.717) is 24.5 Å². The fraction of sp³-hybridized carbons (Fsp3) is 0.385. The largest absolute Gasteiger partial charge is 0.481 e. The molecule has 0 aliphatic carbocycles. The third-order valence-corrected chi connectivity index (χ3v) is 2.78. The number of aliphatic carboxylic acids is 1. The minimum atomic E-state index is -0.779. The van der Waals surface area contributed by atoms with Crippen LogP contribution < -0.4 is 5.73 Å². The van der Waals surface area contributed by atoms with Gasteiger partial charge in [-0.25, -0.2) is 0 Å². The van der Waals surface area contributed by atoms with Gasteiger partial charge in [0.1, 0.15) is 0 Å². The molecule has 1 aromatic rings. The quantitative estimate of drug-likeness (QED) is 0.731. The van der Waals surface area contributed by atoms with Crippen LogP contribution in [0.2, 0.25) is 0 Å². The Balaban J connectivity index is 2.65. The van der Waals surface area contributed by atoms with E-state index in [9.17, 15) is 4.79 Å². The average molecular weight is 266 g/mol. The van der Waals surface area contributed by atoms with Crippen molar-refractivity contribution in [3.63, 3.8) is 0 Å². The first-order valence-corrected chi connectivity index (χ1v) is 6.15.